The molecule has 2 atom stereocenters. The van der Waals surface area contributed by atoms with E-state index in [0.717, 1.165) is 12.2 Å². The average Bonchev–Trinajstić information content (AvgIpc) is 2.93. The zero-order chi connectivity index (χ0) is 11.9. The van der Waals surface area contributed by atoms with Crippen molar-refractivity contribution >= 4 is 0 Å². The van der Waals surface area contributed by atoms with Gasteiger partial charge in [-0.25, -0.2) is 0 Å². The fraction of sp³-hybridized carbons (Fsp3) is 0.571. The second kappa shape index (κ2) is 3.77. The van der Waals surface area contributed by atoms with Crippen molar-refractivity contribution in [3.05, 3.63) is 29.3 Å². The fourth-order valence-electron chi connectivity index (χ4n) is 2.14. The minimum Gasteiger partial charge on any atom is -0.496 e. The summed E-state index contributed by atoms with van der Waals surface area (Å²) in [6.45, 7) is 6.63. The Morgan fingerprint density at radius 2 is 1.94 bits per heavy atom. The molecular formula is C14H21NO. The lowest BCUT2D eigenvalue weighted by Crippen LogP contribution is -2.13. The van der Waals surface area contributed by atoms with Crippen LogP contribution in [-0.4, -0.2) is 13.2 Å². The van der Waals surface area contributed by atoms with E-state index in [0.29, 0.717) is 12.0 Å². The molecule has 0 aromatic heterocycles. The van der Waals surface area contributed by atoms with Crippen LogP contribution >= 0.6 is 0 Å². The molecule has 1 aliphatic rings. The molecule has 2 rings (SSSR count). The molecule has 1 fully saturated rings. The summed E-state index contributed by atoms with van der Waals surface area (Å²) in [4.78, 5) is 0. The van der Waals surface area contributed by atoms with Crippen molar-refractivity contribution in [2.45, 2.75) is 44.6 Å². The van der Waals surface area contributed by atoms with Crippen LogP contribution in [0.5, 0.6) is 5.75 Å². The van der Waals surface area contributed by atoms with Crippen molar-refractivity contribution < 1.29 is 4.74 Å². The van der Waals surface area contributed by atoms with Crippen molar-refractivity contribution in [1.82, 2.24) is 0 Å². The molecule has 88 valence electrons. The number of hydrogen-bond donors (Lipinski definition) is 1. The van der Waals surface area contributed by atoms with E-state index in [2.05, 4.69) is 39.0 Å². The van der Waals surface area contributed by atoms with Crippen LogP contribution in [0.4, 0.5) is 0 Å². The quantitative estimate of drug-likeness (QED) is 0.830. The molecule has 0 amide bonds. The van der Waals surface area contributed by atoms with Gasteiger partial charge in [0.25, 0.3) is 0 Å². The maximum absolute atomic E-state index is 5.90. The fourth-order valence-corrected chi connectivity index (χ4v) is 2.14. The van der Waals surface area contributed by atoms with Gasteiger partial charge in [-0.3, -0.25) is 0 Å². The van der Waals surface area contributed by atoms with Crippen LogP contribution in [0.25, 0.3) is 0 Å². The lowest BCUT2D eigenvalue weighted by molar-refractivity contribution is 0.397. The van der Waals surface area contributed by atoms with Gasteiger partial charge in [0.05, 0.1) is 7.11 Å². The summed E-state index contributed by atoms with van der Waals surface area (Å²) >= 11 is 0. The molecule has 0 spiro atoms. The Bertz CT molecular complexity index is 392. The molecule has 0 radical (unpaired) electrons. The third-order valence-electron chi connectivity index (χ3n) is 3.30. The van der Waals surface area contributed by atoms with Crippen LogP contribution in [0.3, 0.4) is 0 Å². The summed E-state index contributed by atoms with van der Waals surface area (Å²) < 4.78 is 5.42. The van der Waals surface area contributed by atoms with Crippen molar-refractivity contribution in [2.24, 2.45) is 5.73 Å². The zero-order valence-corrected chi connectivity index (χ0v) is 10.6. The van der Waals surface area contributed by atoms with E-state index in [4.69, 9.17) is 10.5 Å². The SMILES string of the molecule is COc1ccc(C2CC2N)cc1C(C)(C)C. The van der Waals surface area contributed by atoms with Gasteiger partial charge in [-0.2, -0.15) is 0 Å². The third kappa shape index (κ3) is 2.07. The van der Waals surface area contributed by atoms with Crippen LogP contribution in [0, 0.1) is 0 Å². The van der Waals surface area contributed by atoms with E-state index in [-0.39, 0.29) is 5.41 Å². The number of hydrogen-bond acceptors (Lipinski definition) is 2. The minimum atomic E-state index is 0.111. The van der Waals surface area contributed by atoms with Crippen molar-refractivity contribution in [2.75, 3.05) is 7.11 Å². The summed E-state index contributed by atoms with van der Waals surface area (Å²) in [5.74, 6) is 1.54. The predicted molar refractivity (Wildman–Crippen MR) is 67.0 cm³/mol. The van der Waals surface area contributed by atoms with Crippen LogP contribution in [0.15, 0.2) is 18.2 Å². The van der Waals surface area contributed by atoms with Crippen LogP contribution in [-0.2, 0) is 5.41 Å². The van der Waals surface area contributed by atoms with Crippen molar-refractivity contribution in [3.8, 4) is 5.75 Å². The molecule has 0 bridgehead atoms. The van der Waals surface area contributed by atoms with Gasteiger partial charge in [0.2, 0.25) is 0 Å². The molecule has 2 N–H and O–H groups in total. The maximum Gasteiger partial charge on any atom is 0.122 e. The Morgan fingerprint density at radius 1 is 1.31 bits per heavy atom. The predicted octanol–water partition coefficient (Wildman–Crippen LogP) is 2.81. The first-order chi connectivity index (χ1) is 7.43. The molecule has 2 heteroatoms. The second-order valence-electron chi connectivity index (χ2n) is 5.72. The number of benzene rings is 1. The van der Waals surface area contributed by atoms with E-state index in [1.165, 1.54) is 11.1 Å². The monoisotopic (exact) mass is 219 g/mol. The molecule has 1 saturated carbocycles. The molecule has 0 saturated heterocycles. The molecule has 0 aliphatic heterocycles. The van der Waals surface area contributed by atoms with Gasteiger partial charge in [-0.1, -0.05) is 32.9 Å². The minimum absolute atomic E-state index is 0.111. The number of rotatable bonds is 2. The Hall–Kier alpha value is -1.02. The summed E-state index contributed by atoms with van der Waals surface area (Å²) in [5, 5.41) is 0. The zero-order valence-electron chi connectivity index (χ0n) is 10.6. The normalized spacial score (nSPS) is 24.3. The average molecular weight is 219 g/mol. The summed E-state index contributed by atoms with van der Waals surface area (Å²) in [6.07, 6.45) is 1.12. The van der Waals surface area contributed by atoms with E-state index < -0.39 is 0 Å². The number of nitrogens with two attached hydrogens (primary N) is 1. The smallest absolute Gasteiger partial charge is 0.122 e. The molecule has 2 nitrogen and oxygen atoms in total. The first-order valence-electron chi connectivity index (χ1n) is 5.87. The van der Waals surface area contributed by atoms with E-state index in [1.54, 1.807) is 7.11 Å². The van der Waals surface area contributed by atoms with Gasteiger partial charge in [-0.15, -0.1) is 0 Å². The standard InChI is InChI=1S/C14H21NO/c1-14(2,3)11-7-9(10-8-12(10)15)5-6-13(11)16-4/h5-7,10,12H,8,15H2,1-4H3. The topological polar surface area (TPSA) is 35.2 Å². The second-order valence-corrected chi connectivity index (χ2v) is 5.72. The van der Waals surface area contributed by atoms with Gasteiger partial charge >= 0.3 is 0 Å². The highest BCUT2D eigenvalue weighted by molar-refractivity contribution is 5.44. The van der Waals surface area contributed by atoms with Crippen LogP contribution < -0.4 is 10.5 Å². The summed E-state index contributed by atoms with van der Waals surface area (Å²) in [7, 11) is 1.73. The molecule has 1 aliphatic carbocycles. The Balaban J connectivity index is 2.39. The van der Waals surface area contributed by atoms with E-state index >= 15 is 0 Å². The van der Waals surface area contributed by atoms with Crippen LogP contribution in [0.1, 0.15) is 44.2 Å². The highest BCUT2D eigenvalue weighted by Crippen LogP contribution is 2.42. The van der Waals surface area contributed by atoms with E-state index in [9.17, 15) is 0 Å². The van der Waals surface area contributed by atoms with Gasteiger partial charge in [-0.05, 0) is 29.0 Å². The van der Waals surface area contributed by atoms with Gasteiger partial charge in [0.1, 0.15) is 5.75 Å². The first kappa shape index (κ1) is 11.5. The van der Waals surface area contributed by atoms with Gasteiger partial charge in [0, 0.05) is 12.0 Å². The van der Waals surface area contributed by atoms with Gasteiger partial charge in [0.15, 0.2) is 0 Å². The molecule has 16 heavy (non-hydrogen) atoms. The van der Waals surface area contributed by atoms with Crippen LogP contribution in [0.2, 0.25) is 0 Å². The molecule has 0 heterocycles. The lowest BCUT2D eigenvalue weighted by Gasteiger charge is -2.23. The highest BCUT2D eigenvalue weighted by Gasteiger charge is 2.35. The van der Waals surface area contributed by atoms with Gasteiger partial charge < -0.3 is 10.5 Å². The summed E-state index contributed by atoms with van der Waals surface area (Å²) in [6, 6.07) is 6.84. The molecular weight excluding hydrogens is 198 g/mol. The molecule has 1 aromatic rings. The molecule has 2 unspecified atom stereocenters. The Labute approximate surface area is 97.8 Å². The molecule has 1 aromatic carbocycles. The van der Waals surface area contributed by atoms with Crippen molar-refractivity contribution in [3.63, 3.8) is 0 Å². The third-order valence-corrected chi connectivity index (χ3v) is 3.30. The number of methoxy groups -OCH3 is 1. The maximum atomic E-state index is 5.90. The van der Waals surface area contributed by atoms with E-state index in [1.807, 2.05) is 0 Å². The lowest BCUT2D eigenvalue weighted by atomic mass is 9.85. The highest BCUT2D eigenvalue weighted by atomic mass is 16.5. The largest absolute Gasteiger partial charge is 0.496 e. The first-order valence-corrected chi connectivity index (χ1v) is 5.87. The summed E-state index contributed by atoms with van der Waals surface area (Å²) in [5.41, 5.74) is 8.64. The number of ether oxygens (including phenoxy) is 1. The van der Waals surface area contributed by atoms with Crippen molar-refractivity contribution in [1.29, 1.82) is 0 Å². The Kier molecular flexibility index (Phi) is 2.70. The Morgan fingerprint density at radius 3 is 2.38 bits per heavy atom.